The van der Waals surface area contributed by atoms with E-state index in [0.717, 1.165) is 23.4 Å². The number of amides is 1. The third kappa shape index (κ3) is 3.71. The van der Waals surface area contributed by atoms with E-state index < -0.39 is 5.82 Å². The lowest BCUT2D eigenvalue weighted by atomic mass is 10.1. The predicted molar refractivity (Wildman–Crippen MR) is 93.2 cm³/mol. The summed E-state index contributed by atoms with van der Waals surface area (Å²) < 4.78 is 19.6. The average Bonchev–Trinajstić information content (AvgIpc) is 3.01. The van der Waals surface area contributed by atoms with Gasteiger partial charge < -0.3 is 10.1 Å². The number of fused-ring (bicyclic) bond motifs is 1. The van der Waals surface area contributed by atoms with Crippen molar-refractivity contribution in [3.8, 4) is 5.75 Å². The molecule has 0 aliphatic rings. The number of aromatic nitrogens is 1. The molecule has 4 nitrogen and oxygen atoms in total. The second kappa shape index (κ2) is 7.40. The van der Waals surface area contributed by atoms with E-state index >= 15 is 0 Å². The normalized spacial score (nSPS) is 10.8. The molecule has 124 valence electrons. The van der Waals surface area contributed by atoms with E-state index in [1.165, 1.54) is 30.0 Å². The zero-order chi connectivity index (χ0) is 16.9. The molecule has 1 aromatic heterocycles. The Morgan fingerprint density at radius 2 is 2.12 bits per heavy atom. The first-order valence-electron chi connectivity index (χ1n) is 7.63. The molecule has 0 aliphatic heterocycles. The van der Waals surface area contributed by atoms with Gasteiger partial charge in [0.1, 0.15) is 11.6 Å². The second-order valence-electron chi connectivity index (χ2n) is 5.28. The van der Waals surface area contributed by atoms with Crippen LogP contribution in [0.15, 0.2) is 42.5 Å². The van der Waals surface area contributed by atoms with Crippen molar-refractivity contribution >= 4 is 27.5 Å². The summed E-state index contributed by atoms with van der Waals surface area (Å²) in [5, 5.41) is 3.85. The molecular formula is C18H17FN2O2S. The summed E-state index contributed by atoms with van der Waals surface area (Å²) in [4.78, 5) is 16.7. The Morgan fingerprint density at radius 3 is 2.92 bits per heavy atom. The monoisotopic (exact) mass is 344 g/mol. The Morgan fingerprint density at radius 1 is 1.29 bits per heavy atom. The van der Waals surface area contributed by atoms with E-state index in [1.54, 1.807) is 11.3 Å². The molecule has 1 amide bonds. The molecule has 0 fully saturated rings. The number of hydrogen-bond acceptors (Lipinski definition) is 4. The Kier molecular flexibility index (Phi) is 5.05. The predicted octanol–water partition coefficient (Wildman–Crippen LogP) is 3.81. The van der Waals surface area contributed by atoms with Crippen LogP contribution >= 0.6 is 11.3 Å². The fraction of sp³-hybridized carbons (Fsp3) is 0.222. The van der Waals surface area contributed by atoms with E-state index in [9.17, 15) is 9.18 Å². The van der Waals surface area contributed by atoms with Gasteiger partial charge in [0.25, 0.3) is 5.91 Å². The minimum atomic E-state index is -0.463. The van der Waals surface area contributed by atoms with Crippen molar-refractivity contribution in [2.24, 2.45) is 0 Å². The van der Waals surface area contributed by atoms with Crippen molar-refractivity contribution in [3.05, 3.63) is 58.9 Å². The van der Waals surface area contributed by atoms with Gasteiger partial charge in [0.05, 0.1) is 27.9 Å². The highest BCUT2D eigenvalue weighted by Crippen LogP contribution is 2.22. The zero-order valence-corrected chi connectivity index (χ0v) is 14.0. The summed E-state index contributed by atoms with van der Waals surface area (Å²) in [6.45, 7) is 0.494. The van der Waals surface area contributed by atoms with Crippen LogP contribution in [0.2, 0.25) is 0 Å². The third-order valence-corrected chi connectivity index (χ3v) is 4.69. The van der Waals surface area contributed by atoms with Crippen molar-refractivity contribution in [1.29, 1.82) is 0 Å². The molecule has 0 saturated heterocycles. The first kappa shape index (κ1) is 16.4. The largest absolute Gasteiger partial charge is 0.496 e. The van der Waals surface area contributed by atoms with Gasteiger partial charge in [0, 0.05) is 13.0 Å². The smallest absolute Gasteiger partial charge is 0.255 e. The molecule has 0 bridgehead atoms. The van der Waals surface area contributed by atoms with Crippen molar-refractivity contribution in [1.82, 2.24) is 10.3 Å². The molecule has 24 heavy (non-hydrogen) atoms. The number of rotatable bonds is 6. The van der Waals surface area contributed by atoms with Gasteiger partial charge in [-0.25, -0.2) is 9.37 Å². The zero-order valence-electron chi connectivity index (χ0n) is 13.2. The Bertz CT molecular complexity index is 830. The van der Waals surface area contributed by atoms with Crippen LogP contribution in [-0.4, -0.2) is 24.5 Å². The van der Waals surface area contributed by atoms with Gasteiger partial charge in [0.15, 0.2) is 0 Å². The van der Waals surface area contributed by atoms with Gasteiger partial charge in [-0.3, -0.25) is 4.79 Å². The van der Waals surface area contributed by atoms with Crippen molar-refractivity contribution in [2.45, 2.75) is 12.8 Å². The number of carbonyl (C=O) groups excluding carboxylic acids is 1. The number of hydrogen-bond donors (Lipinski definition) is 1. The highest BCUT2D eigenvalue weighted by molar-refractivity contribution is 7.18. The van der Waals surface area contributed by atoms with E-state index in [1.807, 2.05) is 18.2 Å². The molecule has 0 aliphatic carbocycles. The van der Waals surface area contributed by atoms with E-state index in [0.29, 0.717) is 12.3 Å². The summed E-state index contributed by atoms with van der Waals surface area (Å²) in [7, 11) is 1.46. The number of nitrogens with one attached hydrogen (secondary N) is 1. The van der Waals surface area contributed by atoms with Crippen LogP contribution in [0.1, 0.15) is 21.8 Å². The average molecular weight is 344 g/mol. The lowest BCUT2D eigenvalue weighted by Crippen LogP contribution is -2.25. The standard InChI is InChI=1S/C18H17FN2O2S/c1-23-15-9-8-12(19)11-13(15)18(22)20-10-4-7-17-21-14-5-2-3-6-16(14)24-17/h2-3,5-6,8-9,11H,4,7,10H2,1H3,(H,20,22). The van der Waals surface area contributed by atoms with Gasteiger partial charge in [-0.1, -0.05) is 12.1 Å². The molecule has 6 heteroatoms. The maximum atomic E-state index is 13.3. The van der Waals surface area contributed by atoms with Gasteiger partial charge in [-0.2, -0.15) is 0 Å². The topological polar surface area (TPSA) is 51.2 Å². The number of thiazole rings is 1. The Labute approximate surface area is 143 Å². The number of nitrogens with zero attached hydrogens (tertiary/aromatic N) is 1. The van der Waals surface area contributed by atoms with Crippen molar-refractivity contribution < 1.29 is 13.9 Å². The van der Waals surface area contributed by atoms with Crippen LogP contribution in [0.4, 0.5) is 4.39 Å². The van der Waals surface area contributed by atoms with Crippen LogP contribution in [0, 0.1) is 5.82 Å². The minimum absolute atomic E-state index is 0.206. The first-order valence-corrected chi connectivity index (χ1v) is 8.45. The Balaban J connectivity index is 1.54. The number of methoxy groups -OCH3 is 1. The lowest BCUT2D eigenvalue weighted by molar-refractivity contribution is 0.0949. The highest BCUT2D eigenvalue weighted by atomic mass is 32.1. The van der Waals surface area contributed by atoms with Crippen LogP contribution in [0.3, 0.4) is 0 Å². The van der Waals surface area contributed by atoms with Crippen molar-refractivity contribution in [2.75, 3.05) is 13.7 Å². The number of aryl methyl sites for hydroxylation is 1. The lowest BCUT2D eigenvalue weighted by Gasteiger charge is -2.09. The van der Waals surface area contributed by atoms with Gasteiger partial charge in [-0.15, -0.1) is 11.3 Å². The number of para-hydroxylation sites is 1. The quantitative estimate of drug-likeness (QED) is 0.692. The Hall–Kier alpha value is -2.47. The highest BCUT2D eigenvalue weighted by Gasteiger charge is 2.13. The summed E-state index contributed by atoms with van der Waals surface area (Å²) in [5.74, 6) is -0.439. The van der Waals surface area contributed by atoms with E-state index in [2.05, 4.69) is 16.4 Å². The summed E-state index contributed by atoms with van der Waals surface area (Å²) in [6.07, 6.45) is 1.56. The fourth-order valence-corrected chi connectivity index (χ4v) is 3.43. The van der Waals surface area contributed by atoms with E-state index in [4.69, 9.17) is 4.74 Å². The first-order chi connectivity index (χ1) is 11.7. The number of benzene rings is 2. The molecule has 3 rings (SSSR count). The van der Waals surface area contributed by atoms with Crippen LogP contribution in [0.5, 0.6) is 5.75 Å². The fourth-order valence-electron chi connectivity index (χ4n) is 2.42. The van der Waals surface area contributed by atoms with Crippen LogP contribution in [0.25, 0.3) is 10.2 Å². The molecular weight excluding hydrogens is 327 g/mol. The molecule has 3 aromatic rings. The van der Waals surface area contributed by atoms with E-state index in [-0.39, 0.29) is 11.5 Å². The number of ether oxygens (including phenoxy) is 1. The molecule has 0 radical (unpaired) electrons. The minimum Gasteiger partial charge on any atom is -0.496 e. The van der Waals surface area contributed by atoms with Crippen LogP contribution < -0.4 is 10.1 Å². The molecule has 0 spiro atoms. The number of carbonyl (C=O) groups is 1. The number of halogens is 1. The summed E-state index contributed by atoms with van der Waals surface area (Å²) in [5.41, 5.74) is 1.21. The second-order valence-corrected chi connectivity index (χ2v) is 6.39. The maximum Gasteiger partial charge on any atom is 0.255 e. The van der Waals surface area contributed by atoms with Gasteiger partial charge >= 0.3 is 0 Å². The molecule has 1 heterocycles. The molecule has 0 saturated carbocycles. The maximum absolute atomic E-state index is 13.3. The summed E-state index contributed by atoms with van der Waals surface area (Å²) in [6, 6.07) is 11.9. The van der Waals surface area contributed by atoms with Crippen LogP contribution in [-0.2, 0) is 6.42 Å². The van der Waals surface area contributed by atoms with Gasteiger partial charge in [0.2, 0.25) is 0 Å². The van der Waals surface area contributed by atoms with Gasteiger partial charge in [-0.05, 0) is 36.8 Å². The third-order valence-electron chi connectivity index (χ3n) is 3.60. The molecule has 2 aromatic carbocycles. The molecule has 1 N–H and O–H groups in total. The van der Waals surface area contributed by atoms with Crippen molar-refractivity contribution in [3.63, 3.8) is 0 Å². The SMILES string of the molecule is COc1ccc(F)cc1C(=O)NCCCc1nc2ccccc2s1. The molecule has 0 unspecified atom stereocenters. The summed E-state index contributed by atoms with van der Waals surface area (Å²) >= 11 is 1.67. The molecule has 0 atom stereocenters.